The maximum atomic E-state index is 11.0. The molecule has 0 amide bonds. The molecule has 5 nitrogen and oxygen atoms in total. The van der Waals surface area contributed by atoms with Crippen LogP contribution >= 0.6 is 0 Å². The first kappa shape index (κ1) is 12.4. The van der Waals surface area contributed by atoms with Gasteiger partial charge in [0.2, 0.25) is 0 Å². The lowest BCUT2D eigenvalue weighted by atomic mass is 10.0. The summed E-state index contributed by atoms with van der Waals surface area (Å²) in [6, 6.07) is 3.23. The van der Waals surface area contributed by atoms with Crippen LogP contribution in [0.25, 0.3) is 0 Å². The molecule has 2 rings (SSSR count). The Morgan fingerprint density at radius 3 is 2.56 bits per heavy atom. The number of aldehydes is 1. The van der Waals surface area contributed by atoms with Crippen molar-refractivity contribution >= 4 is 18.3 Å². The van der Waals surface area contributed by atoms with Gasteiger partial charge in [-0.25, -0.2) is 4.99 Å². The van der Waals surface area contributed by atoms with Crippen molar-refractivity contribution < 1.29 is 14.3 Å². The highest BCUT2D eigenvalue weighted by atomic mass is 16.5. The Labute approximate surface area is 106 Å². The minimum atomic E-state index is -0.382. The molecule has 0 fully saturated rings. The Bertz CT molecular complexity index is 472. The molecule has 0 saturated carbocycles. The fourth-order valence-corrected chi connectivity index (χ4v) is 1.85. The number of aliphatic imine (C=N–C) groups is 1. The Morgan fingerprint density at radius 2 is 1.94 bits per heavy atom. The van der Waals surface area contributed by atoms with E-state index in [0.717, 1.165) is 17.5 Å². The van der Waals surface area contributed by atoms with Crippen molar-refractivity contribution in [1.29, 1.82) is 0 Å². The van der Waals surface area contributed by atoms with Crippen molar-refractivity contribution in [1.82, 2.24) is 5.32 Å². The molecule has 0 radical (unpaired) electrons. The third-order valence-electron chi connectivity index (χ3n) is 2.62. The van der Waals surface area contributed by atoms with Gasteiger partial charge in [-0.3, -0.25) is 0 Å². The predicted octanol–water partition coefficient (Wildman–Crippen LogP) is 1.99. The molecule has 0 spiro atoms. The summed E-state index contributed by atoms with van der Waals surface area (Å²) in [6.07, 6.45) is 2.37. The second kappa shape index (κ2) is 5.53. The zero-order valence-corrected chi connectivity index (χ0v) is 10.5. The maximum absolute atomic E-state index is 11.0. The lowest BCUT2D eigenvalue weighted by Crippen LogP contribution is -2.23. The Kier molecular flexibility index (Phi) is 3.82. The summed E-state index contributed by atoms with van der Waals surface area (Å²) >= 11 is 0. The van der Waals surface area contributed by atoms with Gasteiger partial charge in [0.05, 0.1) is 25.2 Å². The molecular weight excluding hydrogens is 232 g/mol. The predicted molar refractivity (Wildman–Crippen MR) is 68.9 cm³/mol. The number of hydrogen-bond donors (Lipinski definition) is 1. The van der Waals surface area contributed by atoms with Gasteiger partial charge in [-0.2, -0.15) is 0 Å². The smallest absolute Gasteiger partial charge is 0.163 e. The van der Waals surface area contributed by atoms with E-state index < -0.39 is 0 Å². The van der Waals surface area contributed by atoms with Crippen molar-refractivity contribution in [3.05, 3.63) is 17.7 Å². The number of hydrogen-bond acceptors (Lipinski definition) is 5. The van der Waals surface area contributed by atoms with Gasteiger partial charge < -0.3 is 19.6 Å². The topological polar surface area (TPSA) is 59.9 Å². The van der Waals surface area contributed by atoms with E-state index in [-0.39, 0.29) is 6.04 Å². The van der Waals surface area contributed by atoms with Crippen molar-refractivity contribution in [3.63, 3.8) is 0 Å². The van der Waals surface area contributed by atoms with Gasteiger partial charge in [-0.15, -0.1) is 0 Å². The lowest BCUT2D eigenvalue weighted by Gasteiger charge is -2.20. The van der Waals surface area contributed by atoms with Crippen molar-refractivity contribution in [3.8, 4) is 11.5 Å². The van der Waals surface area contributed by atoms with E-state index in [0.29, 0.717) is 24.7 Å². The first-order valence-corrected chi connectivity index (χ1v) is 5.97. The molecule has 1 heterocycles. The minimum Gasteiger partial charge on any atom is -0.490 e. The molecule has 1 aromatic rings. The molecular formula is C13H16N2O3. The third-order valence-corrected chi connectivity index (χ3v) is 2.62. The number of carbonyl (C=O) groups is 1. The minimum absolute atomic E-state index is 0.382. The van der Waals surface area contributed by atoms with Crippen molar-refractivity contribution in [2.75, 3.05) is 13.2 Å². The number of fused-ring (bicyclic) bond motifs is 1. The van der Waals surface area contributed by atoms with E-state index in [9.17, 15) is 4.79 Å². The van der Waals surface area contributed by atoms with E-state index in [1.54, 1.807) is 6.07 Å². The van der Waals surface area contributed by atoms with E-state index in [1.165, 1.54) is 6.34 Å². The quantitative estimate of drug-likeness (QED) is 0.809. The lowest BCUT2D eigenvalue weighted by molar-refractivity contribution is -0.109. The first-order valence-electron chi connectivity index (χ1n) is 5.97. The third kappa shape index (κ3) is 2.30. The van der Waals surface area contributed by atoms with Crippen LogP contribution in [0.4, 0.5) is 5.69 Å². The molecule has 5 heteroatoms. The van der Waals surface area contributed by atoms with Crippen LogP contribution in [-0.4, -0.2) is 25.8 Å². The van der Waals surface area contributed by atoms with E-state index in [1.807, 2.05) is 19.9 Å². The normalized spacial score (nSPS) is 16.7. The standard InChI is InChI=1S/C13H16N2O3/c1-3-17-12-5-9-10(6-13(12)18-4-2)14-8-15-11(9)7-16/h5-8,11H,3-4H2,1-2H3,(H,14,15). The number of ether oxygens (including phenoxy) is 2. The van der Waals surface area contributed by atoms with Crippen LogP contribution in [0.2, 0.25) is 0 Å². The highest BCUT2D eigenvalue weighted by Crippen LogP contribution is 2.38. The highest BCUT2D eigenvalue weighted by Gasteiger charge is 2.20. The maximum Gasteiger partial charge on any atom is 0.163 e. The average molecular weight is 248 g/mol. The Hall–Kier alpha value is -2.04. The second-order valence-electron chi connectivity index (χ2n) is 3.76. The number of nitrogens with zero attached hydrogens (tertiary/aromatic N) is 1. The van der Waals surface area contributed by atoms with Gasteiger partial charge in [0, 0.05) is 11.6 Å². The SMILES string of the molecule is CCOc1cc2c(cc1OCC)C(C=O)NC=N2. The second-order valence-corrected chi connectivity index (χ2v) is 3.76. The van der Waals surface area contributed by atoms with Crippen molar-refractivity contribution in [2.24, 2.45) is 4.99 Å². The number of carbonyl (C=O) groups excluding carboxylic acids is 1. The molecule has 1 aliphatic rings. The van der Waals surface area contributed by atoms with Crippen LogP contribution in [0, 0.1) is 0 Å². The molecule has 0 bridgehead atoms. The number of nitrogens with one attached hydrogen (secondary N) is 1. The summed E-state index contributed by atoms with van der Waals surface area (Å²) in [5.41, 5.74) is 1.54. The first-order chi connectivity index (χ1) is 8.80. The molecule has 1 aliphatic heterocycles. The monoisotopic (exact) mass is 248 g/mol. The summed E-state index contributed by atoms with van der Waals surface area (Å²) in [5.74, 6) is 1.30. The molecule has 0 aromatic heterocycles. The molecule has 96 valence electrons. The summed E-state index contributed by atoms with van der Waals surface area (Å²) in [4.78, 5) is 15.2. The van der Waals surface area contributed by atoms with E-state index in [4.69, 9.17) is 9.47 Å². The van der Waals surface area contributed by atoms with Gasteiger partial charge in [-0.05, 0) is 19.9 Å². The Balaban J connectivity index is 2.46. The highest BCUT2D eigenvalue weighted by molar-refractivity contribution is 5.79. The molecule has 1 atom stereocenters. The van der Waals surface area contributed by atoms with E-state index in [2.05, 4.69) is 10.3 Å². The van der Waals surface area contributed by atoms with Gasteiger partial charge in [0.15, 0.2) is 11.5 Å². The summed E-state index contributed by atoms with van der Waals surface area (Å²) < 4.78 is 11.0. The van der Waals surface area contributed by atoms with Crippen LogP contribution in [0.15, 0.2) is 17.1 Å². The zero-order chi connectivity index (χ0) is 13.0. The van der Waals surface area contributed by atoms with Gasteiger partial charge in [-0.1, -0.05) is 0 Å². The molecule has 1 aromatic carbocycles. The molecule has 18 heavy (non-hydrogen) atoms. The number of rotatable bonds is 5. The van der Waals surface area contributed by atoms with Gasteiger partial charge in [0.1, 0.15) is 12.3 Å². The fraction of sp³-hybridized carbons (Fsp3) is 0.385. The molecule has 0 aliphatic carbocycles. The summed E-state index contributed by atoms with van der Waals surface area (Å²) in [5, 5.41) is 2.89. The molecule has 1 unspecified atom stereocenters. The zero-order valence-electron chi connectivity index (χ0n) is 10.5. The van der Waals surface area contributed by atoms with Crippen LogP contribution in [0.5, 0.6) is 11.5 Å². The van der Waals surface area contributed by atoms with E-state index >= 15 is 0 Å². The average Bonchev–Trinajstić information content (AvgIpc) is 2.39. The fourth-order valence-electron chi connectivity index (χ4n) is 1.85. The summed E-state index contributed by atoms with van der Waals surface area (Å²) in [7, 11) is 0. The van der Waals surface area contributed by atoms with Crippen LogP contribution in [-0.2, 0) is 4.79 Å². The van der Waals surface area contributed by atoms with Crippen LogP contribution in [0.1, 0.15) is 25.5 Å². The number of benzene rings is 1. The molecule has 0 saturated heterocycles. The molecule has 1 N–H and O–H groups in total. The largest absolute Gasteiger partial charge is 0.490 e. The van der Waals surface area contributed by atoms with Gasteiger partial charge >= 0.3 is 0 Å². The summed E-state index contributed by atoms with van der Waals surface area (Å²) in [6.45, 7) is 4.91. The van der Waals surface area contributed by atoms with Gasteiger partial charge in [0.25, 0.3) is 0 Å². The Morgan fingerprint density at radius 1 is 1.28 bits per heavy atom. The van der Waals surface area contributed by atoms with Crippen molar-refractivity contribution in [2.45, 2.75) is 19.9 Å². The van der Waals surface area contributed by atoms with Crippen LogP contribution in [0.3, 0.4) is 0 Å². The van der Waals surface area contributed by atoms with Crippen LogP contribution < -0.4 is 14.8 Å².